The summed E-state index contributed by atoms with van der Waals surface area (Å²) in [6, 6.07) is 14.2. The number of anilines is 2. The van der Waals surface area contributed by atoms with Crippen molar-refractivity contribution >= 4 is 34.3 Å². The first-order valence-electron chi connectivity index (χ1n) is 16.2. The maximum absolute atomic E-state index is 12.8. The van der Waals surface area contributed by atoms with Gasteiger partial charge in [-0.3, -0.25) is 4.90 Å². The molecule has 0 bridgehead atoms. The number of amides is 1. The monoisotopic (exact) mass is 600 g/mol. The molecule has 9 heteroatoms. The lowest BCUT2D eigenvalue weighted by molar-refractivity contribution is 0.0270. The summed E-state index contributed by atoms with van der Waals surface area (Å²) in [5.41, 5.74) is 7.63. The predicted molar refractivity (Wildman–Crippen MR) is 179 cm³/mol. The Balaban J connectivity index is 1.32. The Hall–Kier alpha value is -3.56. The highest BCUT2D eigenvalue weighted by Gasteiger charge is 2.27. The Morgan fingerprint density at radius 1 is 0.909 bits per heavy atom. The van der Waals surface area contributed by atoms with E-state index in [0.29, 0.717) is 32.3 Å². The van der Waals surface area contributed by atoms with Gasteiger partial charge in [0.25, 0.3) is 0 Å². The van der Waals surface area contributed by atoms with Crippen LogP contribution in [0.4, 0.5) is 16.4 Å². The molecule has 236 valence electrons. The van der Waals surface area contributed by atoms with Crippen LogP contribution in [0.25, 0.3) is 27.7 Å². The smallest absolute Gasteiger partial charge is 0.410 e. The Kier molecular flexibility index (Phi) is 8.61. The van der Waals surface area contributed by atoms with Crippen LogP contribution in [0.3, 0.4) is 0 Å². The third-order valence-corrected chi connectivity index (χ3v) is 9.07. The van der Waals surface area contributed by atoms with Crippen LogP contribution in [0.1, 0.15) is 46.6 Å². The number of fused-ring (bicyclic) bond motifs is 1. The minimum Gasteiger partial charge on any atom is -0.444 e. The molecule has 0 aliphatic carbocycles. The number of rotatable bonds is 5. The van der Waals surface area contributed by atoms with Gasteiger partial charge in [-0.2, -0.15) is 0 Å². The van der Waals surface area contributed by atoms with E-state index in [0.717, 1.165) is 68.2 Å². The quantitative estimate of drug-likeness (QED) is 0.376. The van der Waals surface area contributed by atoms with Crippen molar-refractivity contribution in [1.82, 2.24) is 19.4 Å². The van der Waals surface area contributed by atoms with Gasteiger partial charge in [0.1, 0.15) is 5.60 Å². The summed E-state index contributed by atoms with van der Waals surface area (Å²) in [5.74, 6) is 0.976. The van der Waals surface area contributed by atoms with E-state index in [-0.39, 0.29) is 6.09 Å². The number of imidazole rings is 1. The minimum absolute atomic E-state index is 0.259. The van der Waals surface area contributed by atoms with E-state index in [9.17, 15) is 4.79 Å². The van der Waals surface area contributed by atoms with Crippen molar-refractivity contribution in [3.8, 4) is 11.1 Å². The Morgan fingerprint density at radius 3 is 2.23 bits per heavy atom. The van der Waals surface area contributed by atoms with Gasteiger partial charge in [-0.1, -0.05) is 18.2 Å². The van der Waals surface area contributed by atoms with Crippen molar-refractivity contribution in [3.05, 3.63) is 48.0 Å². The zero-order valence-corrected chi connectivity index (χ0v) is 27.3. The second-order valence-corrected chi connectivity index (χ2v) is 13.5. The molecule has 2 fully saturated rings. The van der Waals surface area contributed by atoms with Crippen LogP contribution in [0, 0.1) is 0 Å². The highest BCUT2D eigenvalue weighted by Crippen LogP contribution is 2.36. The van der Waals surface area contributed by atoms with Crippen molar-refractivity contribution in [2.24, 2.45) is 7.05 Å². The maximum Gasteiger partial charge on any atom is 0.410 e. The van der Waals surface area contributed by atoms with Crippen molar-refractivity contribution in [2.45, 2.75) is 52.7 Å². The molecular weight excluding hydrogens is 552 g/mol. The number of hydrogen-bond donors (Lipinski definition) is 0. The van der Waals surface area contributed by atoms with Gasteiger partial charge in [-0.25, -0.2) is 9.78 Å². The number of nitrogens with zero attached hydrogens (tertiary/aromatic N) is 6. The first kappa shape index (κ1) is 30.5. The van der Waals surface area contributed by atoms with Crippen LogP contribution in [-0.4, -0.2) is 103 Å². The number of benzene rings is 2. The summed E-state index contributed by atoms with van der Waals surface area (Å²) in [5, 5.41) is 0. The van der Waals surface area contributed by atoms with Crippen molar-refractivity contribution in [1.29, 1.82) is 0 Å². The topological polar surface area (TPSA) is 66.3 Å². The van der Waals surface area contributed by atoms with Gasteiger partial charge < -0.3 is 28.7 Å². The lowest BCUT2D eigenvalue weighted by Crippen LogP contribution is -2.48. The van der Waals surface area contributed by atoms with Crippen molar-refractivity contribution in [2.75, 3.05) is 75.4 Å². The standard InChI is InChI=1S/C35H48N6O3/c1-25(2)38-15-17-39(18-16-38)29-9-7-26(8-10-29)28-23-30(27-11-13-41(14-12-27)34(42)44-35(3,4)5)32-31(24-28)37(6)33(36-32)40-19-21-43-22-20-40/h7-11,23-25H,12-22H2,1-6H3. The molecule has 0 spiro atoms. The molecule has 3 aliphatic heterocycles. The van der Waals surface area contributed by atoms with Gasteiger partial charge in [-0.15, -0.1) is 0 Å². The first-order valence-corrected chi connectivity index (χ1v) is 16.2. The Morgan fingerprint density at radius 2 is 1.61 bits per heavy atom. The number of aryl methyl sites for hydroxylation is 1. The van der Waals surface area contributed by atoms with Crippen molar-refractivity contribution in [3.63, 3.8) is 0 Å². The van der Waals surface area contributed by atoms with E-state index in [2.05, 4.69) is 82.6 Å². The fourth-order valence-electron chi connectivity index (χ4n) is 6.50. The largest absolute Gasteiger partial charge is 0.444 e. The molecule has 3 aliphatic rings. The number of carbonyl (C=O) groups is 1. The molecule has 1 aromatic heterocycles. The van der Waals surface area contributed by atoms with E-state index >= 15 is 0 Å². The number of morpholine rings is 1. The van der Waals surface area contributed by atoms with Gasteiger partial charge in [0.05, 0.1) is 24.2 Å². The van der Waals surface area contributed by atoms with Crippen LogP contribution in [-0.2, 0) is 16.5 Å². The van der Waals surface area contributed by atoms with E-state index in [1.54, 1.807) is 4.90 Å². The molecule has 44 heavy (non-hydrogen) atoms. The Bertz CT molecular complexity index is 1510. The summed E-state index contributed by atoms with van der Waals surface area (Å²) < 4.78 is 13.5. The molecule has 1 amide bonds. The predicted octanol–water partition coefficient (Wildman–Crippen LogP) is 5.63. The fraction of sp³-hybridized carbons (Fsp3) is 0.543. The number of hydrogen-bond acceptors (Lipinski definition) is 7. The molecule has 4 heterocycles. The summed E-state index contributed by atoms with van der Waals surface area (Å²) in [6.07, 6.45) is 2.67. The molecule has 3 aromatic rings. The molecule has 0 radical (unpaired) electrons. The van der Waals surface area contributed by atoms with E-state index in [4.69, 9.17) is 14.5 Å². The summed E-state index contributed by atoms with van der Waals surface area (Å²) in [6.45, 7) is 18.8. The SMILES string of the molecule is CC(C)N1CCN(c2ccc(-c3cc(C4=CCN(C(=O)OC(C)(C)C)CC4)c4nc(N5CCOCC5)n(C)c4c3)cc2)CC1. The number of aromatic nitrogens is 2. The van der Waals surface area contributed by atoms with Gasteiger partial charge >= 0.3 is 6.09 Å². The van der Waals surface area contributed by atoms with Gasteiger partial charge in [-0.05, 0) is 82.0 Å². The molecule has 2 saturated heterocycles. The molecular formula is C35H48N6O3. The zero-order valence-electron chi connectivity index (χ0n) is 27.3. The molecule has 2 aromatic carbocycles. The van der Waals surface area contributed by atoms with Crippen LogP contribution < -0.4 is 9.80 Å². The molecule has 6 rings (SSSR count). The lowest BCUT2D eigenvalue weighted by Gasteiger charge is -2.38. The normalized spacial score (nSPS) is 18.7. The first-order chi connectivity index (χ1) is 21.1. The minimum atomic E-state index is -0.511. The van der Waals surface area contributed by atoms with Gasteiger partial charge in [0.2, 0.25) is 5.95 Å². The van der Waals surface area contributed by atoms with Crippen LogP contribution in [0.15, 0.2) is 42.5 Å². The highest BCUT2D eigenvalue weighted by atomic mass is 16.6. The lowest BCUT2D eigenvalue weighted by atomic mass is 9.94. The van der Waals surface area contributed by atoms with Crippen LogP contribution in [0.5, 0.6) is 0 Å². The molecule has 0 atom stereocenters. The van der Waals surface area contributed by atoms with E-state index in [1.165, 1.54) is 22.4 Å². The zero-order chi connectivity index (χ0) is 31.0. The number of ether oxygens (including phenoxy) is 2. The molecule has 9 nitrogen and oxygen atoms in total. The van der Waals surface area contributed by atoms with Crippen LogP contribution >= 0.6 is 0 Å². The summed E-state index contributed by atoms with van der Waals surface area (Å²) in [4.78, 5) is 27.1. The fourth-order valence-corrected chi connectivity index (χ4v) is 6.50. The number of piperazine rings is 1. The van der Waals surface area contributed by atoms with E-state index in [1.807, 2.05) is 20.8 Å². The summed E-state index contributed by atoms with van der Waals surface area (Å²) in [7, 11) is 2.12. The second-order valence-electron chi connectivity index (χ2n) is 13.5. The highest BCUT2D eigenvalue weighted by molar-refractivity contribution is 5.95. The van der Waals surface area contributed by atoms with Gasteiger partial charge in [0, 0.05) is 76.7 Å². The van der Waals surface area contributed by atoms with Gasteiger partial charge in [0.15, 0.2) is 0 Å². The molecule has 0 saturated carbocycles. The second kappa shape index (κ2) is 12.4. The molecule has 0 unspecified atom stereocenters. The third-order valence-electron chi connectivity index (χ3n) is 9.07. The maximum atomic E-state index is 12.8. The average Bonchev–Trinajstić information content (AvgIpc) is 3.36. The van der Waals surface area contributed by atoms with Crippen molar-refractivity contribution < 1.29 is 14.3 Å². The Labute approximate surface area is 262 Å². The van der Waals surface area contributed by atoms with Crippen LogP contribution in [0.2, 0.25) is 0 Å². The summed E-state index contributed by atoms with van der Waals surface area (Å²) >= 11 is 0. The molecule has 0 N–H and O–H groups in total. The average molecular weight is 601 g/mol. The third kappa shape index (κ3) is 6.44. The van der Waals surface area contributed by atoms with E-state index < -0.39 is 5.60 Å². The number of carbonyl (C=O) groups excluding carboxylic acids is 1.